The first-order chi connectivity index (χ1) is 16.6. The van der Waals surface area contributed by atoms with Gasteiger partial charge >= 0.3 is 6.03 Å². The Kier molecular flexibility index (Phi) is 7.38. The zero-order valence-electron chi connectivity index (χ0n) is 18.1. The van der Waals surface area contributed by atoms with Crippen molar-refractivity contribution in [2.75, 3.05) is 4.90 Å². The number of rotatable bonds is 5. The number of barbiturate groups is 1. The first kappa shape index (κ1) is 25.1. The topological polar surface area (TPSA) is 75.7 Å². The van der Waals surface area contributed by atoms with Gasteiger partial charge in [-0.3, -0.25) is 14.9 Å². The fourth-order valence-electron chi connectivity index (χ4n) is 3.36. The molecule has 1 heterocycles. The summed E-state index contributed by atoms with van der Waals surface area (Å²) in [4.78, 5) is 38.8. The van der Waals surface area contributed by atoms with E-state index in [0.29, 0.717) is 15.6 Å². The van der Waals surface area contributed by atoms with Gasteiger partial charge in [-0.2, -0.15) is 0 Å². The van der Waals surface area contributed by atoms with Gasteiger partial charge < -0.3 is 4.74 Å². The van der Waals surface area contributed by atoms with E-state index in [-0.39, 0.29) is 33.7 Å². The molecule has 6 nitrogen and oxygen atoms in total. The van der Waals surface area contributed by atoms with Gasteiger partial charge in [0.25, 0.3) is 11.8 Å². The number of ether oxygens (including phenoxy) is 1. The molecule has 1 aliphatic rings. The number of hydrogen-bond acceptors (Lipinski definition) is 4. The van der Waals surface area contributed by atoms with Crippen LogP contribution in [-0.2, 0) is 16.2 Å². The van der Waals surface area contributed by atoms with Crippen LogP contribution >= 0.6 is 46.4 Å². The third-order valence-electron chi connectivity index (χ3n) is 5.12. The summed E-state index contributed by atoms with van der Waals surface area (Å²) >= 11 is 24.9. The SMILES string of the molecule is Cc1ccc(N2C(=O)NC(=O)/C(=C\c3cc(Cl)c(OCc4cccc(Cl)c4)c(Cl)c3)C2=O)cc1Cl. The standard InChI is InChI=1S/C25H16Cl4N2O4/c1-13-5-6-17(11-19(13)27)31-24(33)18(23(32)30-25(31)34)8-15-9-20(28)22(21(29)10-15)35-12-14-3-2-4-16(26)7-14/h2-11H,12H2,1H3,(H,30,32,34)/b18-8+. The van der Waals surface area contributed by atoms with Crippen LogP contribution in [0.3, 0.4) is 0 Å². The lowest BCUT2D eigenvalue weighted by atomic mass is 10.1. The van der Waals surface area contributed by atoms with E-state index in [0.717, 1.165) is 16.0 Å². The number of imide groups is 2. The molecule has 3 aromatic rings. The fourth-order valence-corrected chi connectivity index (χ4v) is 4.36. The molecule has 10 heteroatoms. The summed E-state index contributed by atoms with van der Waals surface area (Å²) in [7, 11) is 0. The average Bonchev–Trinajstić information content (AvgIpc) is 2.78. The Balaban J connectivity index is 1.62. The minimum Gasteiger partial charge on any atom is -0.486 e. The molecule has 0 unspecified atom stereocenters. The lowest BCUT2D eigenvalue weighted by molar-refractivity contribution is -0.122. The lowest BCUT2D eigenvalue weighted by Gasteiger charge is -2.26. The predicted molar refractivity (Wildman–Crippen MR) is 137 cm³/mol. The number of aryl methyl sites for hydroxylation is 1. The molecule has 0 saturated carbocycles. The first-order valence-corrected chi connectivity index (χ1v) is 11.7. The Bertz CT molecular complexity index is 1380. The molecule has 0 spiro atoms. The van der Waals surface area contributed by atoms with Crippen LogP contribution in [0, 0.1) is 6.92 Å². The maximum atomic E-state index is 13.1. The highest BCUT2D eigenvalue weighted by atomic mass is 35.5. The van der Waals surface area contributed by atoms with Gasteiger partial charge in [0, 0.05) is 10.0 Å². The third kappa shape index (κ3) is 5.46. The Morgan fingerprint density at radius 3 is 2.29 bits per heavy atom. The van der Waals surface area contributed by atoms with Gasteiger partial charge in [0.05, 0.1) is 15.7 Å². The number of urea groups is 1. The number of amides is 4. The molecule has 0 aromatic heterocycles. The van der Waals surface area contributed by atoms with Crippen LogP contribution in [0.25, 0.3) is 6.08 Å². The normalized spacial score (nSPS) is 14.9. The Morgan fingerprint density at radius 1 is 0.914 bits per heavy atom. The van der Waals surface area contributed by atoms with Gasteiger partial charge in [0.2, 0.25) is 0 Å². The third-order valence-corrected chi connectivity index (χ3v) is 6.32. The van der Waals surface area contributed by atoms with Gasteiger partial charge in [-0.25, -0.2) is 9.69 Å². The number of anilines is 1. The maximum absolute atomic E-state index is 13.1. The summed E-state index contributed by atoms with van der Waals surface area (Å²) in [5, 5.41) is 3.45. The Labute approximate surface area is 221 Å². The van der Waals surface area contributed by atoms with E-state index in [1.54, 1.807) is 37.3 Å². The highest BCUT2D eigenvalue weighted by Crippen LogP contribution is 2.36. The second-order valence-corrected chi connectivity index (χ2v) is 9.28. The molecule has 178 valence electrons. The Morgan fingerprint density at radius 2 is 1.63 bits per heavy atom. The molecule has 0 atom stereocenters. The number of carbonyl (C=O) groups is 3. The minimum atomic E-state index is -0.877. The second kappa shape index (κ2) is 10.3. The summed E-state index contributed by atoms with van der Waals surface area (Å²) in [6.45, 7) is 1.96. The van der Waals surface area contributed by atoms with Crippen molar-refractivity contribution in [3.8, 4) is 5.75 Å². The van der Waals surface area contributed by atoms with Crippen molar-refractivity contribution < 1.29 is 19.1 Å². The summed E-state index contributed by atoms with van der Waals surface area (Å²) in [5.41, 5.74) is 1.91. The molecular formula is C25H16Cl4N2O4. The smallest absolute Gasteiger partial charge is 0.335 e. The molecule has 0 radical (unpaired) electrons. The summed E-state index contributed by atoms with van der Waals surface area (Å²) in [5.74, 6) is -1.42. The number of nitrogens with zero attached hydrogens (tertiary/aromatic N) is 1. The Hall–Kier alpha value is -3.03. The summed E-state index contributed by atoms with van der Waals surface area (Å²) in [6, 6.07) is 14.0. The second-order valence-electron chi connectivity index (χ2n) is 7.62. The lowest BCUT2D eigenvalue weighted by Crippen LogP contribution is -2.54. The van der Waals surface area contributed by atoms with Crippen LogP contribution in [0.1, 0.15) is 16.7 Å². The number of carbonyl (C=O) groups excluding carboxylic acids is 3. The van der Waals surface area contributed by atoms with Crippen LogP contribution in [-0.4, -0.2) is 17.8 Å². The van der Waals surface area contributed by atoms with Gasteiger partial charge in [-0.1, -0.05) is 64.6 Å². The summed E-state index contributed by atoms with van der Waals surface area (Å²) < 4.78 is 5.75. The molecule has 0 aliphatic carbocycles. The monoisotopic (exact) mass is 548 g/mol. The molecule has 4 rings (SSSR count). The number of nitrogens with one attached hydrogen (secondary N) is 1. The highest BCUT2D eigenvalue weighted by Gasteiger charge is 2.37. The van der Waals surface area contributed by atoms with Crippen molar-refractivity contribution in [3.63, 3.8) is 0 Å². The van der Waals surface area contributed by atoms with Gasteiger partial charge in [0.1, 0.15) is 12.2 Å². The summed E-state index contributed by atoms with van der Waals surface area (Å²) in [6.07, 6.45) is 1.30. The fraction of sp³-hybridized carbons (Fsp3) is 0.0800. The number of hydrogen-bond donors (Lipinski definition) is 1. The number of halogens is 4. The van der Waals surface area contributed by atoms with E-state index in [9.17, 15) is 14.4 Å². The molecule has 1 aliphatic heterocycles. The molecule has 35 heavy (non-hydrogen) atoms. The minimum absolute atomic E-state index is 0.174. The molecule has 1 saturated heterocycles. The zero-order chi connectivity index (χ0) is 25.3. The highest BCUT2D eigenvalue weighted by molar-refractivity contribution is 6.40. The van der Waals surface area contributed by atoms with Crippen molar-refractivity contribution in [2.24, 2.45) is 0 Å². The largest absolute Gasteiger partial charge is 0.486 e. The van der Waals surface area contributed by atoms with Crippen molar-refractivity contribution in [1.82, 2.24) is 5.32 Å². The van der Waals surface area contributed by atoms with Crippen LogP contribution in [0.5, 0.6) is 5.75 Å². The predicted octanol–water partition coefficient (Wildman–Crippen LogP) is 6.85. The molecule has 4 amide bonds. The van der Waals surface area contributed by atoms with E-state index in [1.807, 2.05) is 6.07 Å². The van der Waals surface area contributed by atoms with Crippen molar-refractivity contribution >= 4 is 76.0 Å². The van der Waals surface area contributed by atoms with E-state index in [2.05, 4.69) is 5.32 Å². The van der Waals surface area contributed by atoms with Crippen molar-refractivity contribution in [2.45, 2.75) is 13.5 Å². The van der Waals surface area contributed by atoms with Crippen molar-refractivity contribution in [3.05, 3.63) is 97.0 Å². The molecular weight excluding hydrogens is 534 g/mol. The van der Waals surface area contributed by atoms with Crippen LogP contribution in [0.4, 0.5) is 10.5 Å². The number of benzene rings is 3. The van der Waals surface area contributed by atoms with Gasteiger partial charge in [-0.15, -0.1) is 0 Å². The van der Waals surface area contributed by atoms with E-state index < -0.39 is 17.8 Å². The van der Waals surface area contributed by atoms with E-state index in [1.165, 1.54) is 24.3 Å². The first-order valence-electron chi connectivity index (χ1n) is 10.2. The van der Waals surface area contributed by atoms with Gasteiger partial charge in [0.15, 0.2) is 5.75 Å². The quantitative estimate of drug-likeness (QED) is 0.279. The van der Waals surface area contributed by atoms with Crippen LogP contribution < -0.4 is 15.0 Å². The van der Waals surface area contributed by atoms with Crippen LogP contribution in [0.15, 0.2) is 60.2 Å². The van der Waals surface area contributed by atoms with Crippen molar-refractivity contribution in [1.29, 1.82) is 0 Å². The van der Waals surface area contributed by atoms with E-state index in [4.69, 9.17) is 51.1 Å². The maximum Gasteiger partial charge on any atom is 0.335 e. The molecule has 1 fully saturated rings. The average molecular weight is 550 g/mol. The van der Waals surface area contributed by atoms with Crippen LogP contribution in [0.2, 0.25) is 20.1 Å². The van der Waals surface area contributed by atoms with Gasteiger partial charge in [-0.05, 0) is 66.1 Å². The van der Waals surface area contributed by atoms with E-state index >= 15 is 0 Å². The molecule has 0 bridgehead atoms. The zero-order valence-corrected chi connectivity index (χ0v) is 21.1. The molecule has 1 N–H and O–H groups in total. The molecule has 3 aromatic carbocycles.